The van der Waals surface area contributed by atoms with Crippen LogP contribution in [0, 0.1) is 0 Å². The molecular formula is C19H15Cl5O4. The second kappa shape index (κ2) is 10.6. The molecule has 2 aromatic carbocycles. The van der Waals surface area contributed by atoms with Crippen LogP contribution in [0.25, 0.3) is 0 Å². The van der Waals surface area contributed by atoms with Gasteiger partial charge in [-0.15, -0.1) is 0 Å². The number of halogens is 5. The zero-order valence-corrected chi connectivity index (χ0v) is 18.4. The van der Waals surface area contributed by atoms with Gasteiger partial charge in [-0.05, 0) is 24.6 Å². The molecule has 2 aromatic rings. The van der Waals surface area contributed by atoms with Crippen molar-refractivity contribution >= 4 is 69.9 Å². The fourth-order valence-corrected chi connectivity index (χ4v) is 3.40. The summed E-state index contributed by atoms with van der Waals surface area (Å²) in [5.74, 6) is -1.56. The minimum absolute atomic E-state index is 0.0500. The van der Waals surface area contributed by atoms with Crippen LogP contribution in [-0.2, 0) is 4.74 Å². The summed E-state index contributed by atoms with van der Waals surface area (Å²) >= 11 is 30.0. The molecule has 0 heterocycles. The Morgan fingerprint density at radius 1 is 0.821 bits per heavy atom. The third kappa shape index (κ3) is 5.46. The standard InChI is InChI=1S/C19H15Cl5O4/c1-2-3-4-8-27-18(25)10-6-5-7-11(9-10)19(26)28-17-15(23)13(21)12(20)14(22)16(17)24/h5-7,9H,2-4,8H2,1H3. The zero-order valence-electron chi connectivity index (χ0n) is 14.7. The van der Waals surface area contributed by atoms with Gasteiger partial charge in [-0.2, -0.15) is 0 Å². The van der Waals surface area contributed by atoms with E-state index in [-0.39, 0.29) is 42.0 Å². The van der Waals surface area contributed by atoms with E-state index in [0.717, 1.165) is 19.3 Å². The first-order valence-corrected chi connectivity index (χ1v) is 10.2. The molecule has 0 aliphatic carbocycles. The van der Waals surface area contributed by atoms with Gasteiger partial charge in [-0.1, -0.05) is 83.8 Å². The molecule has 2 rings (SSSR count). The van der Waals surface area contributed by atoms with Gasteiger partial charge in [0.1, 0.15) is 10.0 Å². The molecule has 0 aromatic heterocycles. The molecule has 0 unspecified atom stereocenters. The van der Waals surface area contributed by atoms with Crippen molar-refractivity contribution in [3.63, 3.8) is 0 Å². The van der Waals surface area contributed by atoms with Gasteiger partial charge >= 0.3 is 11.9 Å². The lowest BCUT2D eigenvalue weighted by atomic mass is 10.1. The van der Waals surface area contributed by atoms with Gasteiger partial charge in [-0.25, -0.2) is 9.59 Å². The minimum Gasteiger partial charge on any atom is -0.462 e. The largest absolute Gasteiger partial charge is 0.462 e. The molecule has 4 nitrogen and oxygen atoms in total. The van der Waals surface area contributed by atoms with Gasteiger partial charge in [-0.3, -0.25) is 0 Å². The number of benzene rings is 2. The molecule has 0 spiro atoms. The Balaban J connectivity index is 2.19. The van der Waals surface area contributed by atoms with Crippen molar-refractivity contribution in [3.8, 4) is 5.75 Å². The van der Waals surface area contributed by atoms with E-state index >= 15 is 0 Å². The summed E-state index contributed by atoms with van der Waals surface area (Å²) in [6, 6.07) is 5.89. The van der Waals surface area contributed by atoms with Crippen molar-refractivity contribution in [3.05, 3.63) is 60.5 Å². The van der Waals surface area contributed by atoms with Crippen molar-refractivity contribution in [1.82, 2.24) is 0 Å². The van der Waals surface area contributed by atoms with Crippen molar-refractivity contribution in [2.24, 2.45) is 0 Å². The number of esters is 2. The predicted molar refractivity (Wildman–Crippen MR) is 113 cm³/mol. The van der Waals surface area contributed by atoms with Crippen molar-refractivity contribution < 1.29 is 19.1 Å². The van der Waals surface area contributed by atoms with Crippen LogP contribution in [0.15, 0.2) is 24.3 Å². The summed E-state index contributed by atoms with van der Waals surface area (Å²) in [5.41, 5.74) is 0.313. The molecule has 0 radical (unpaired) electrons. The Hall–Kier alpha value is -1.17. The Labute approximate surface area is 187 Å². The van der Waals surface area contributed by atoms with E-state index in [4.69, 9.17) is 67.5 Å². The van der Waals surface area contributed by atoms with Gasteiger partial charge in [0.2, 0.25) is 0 Å². The molecule has 0 saturated heterocycles. The Morgan fingerprint density at radius 2 is 1.36 bits per heavy atom. The summed E-state index contributed by atoms with van der Waals surface area (Å²) < 4.78 is 10.4. The van der Waals surface area contributed by atoms with Crippen LogP contribution in [0.2, 0.25) is 25.1 Å². The van der Waals surface area contributed by atoms with E-state index in [9.17, 15) is 9.59 Å². The van der Waals surface area contributed by atoms with Gasteiger partial charge in [0.05, 0.1) is 32.8 Å². The van der Waals surface area contributed by atoms with Crippen LogP contribution < -0.4 is 4.74 Å². The van der Waals surface area contributed by atoms with Crippen LogP contribution in [0.3, 0.4) is 0 Å². The number of hydrogen-bond donors (Lipinski definition) is 0. The topological polar surface area (TPSA) is 52.6 Å². The van der Waals surface area contributed by atoms with E-state index in [1.165, 1.54) is 24.3 Å². The van der Waals surface area contributed by atoms with Crippen molar-refractivity contribution in [1.29, 1.82) is 0 Å². The zero-order chi connectivity index (χ0) is 20.8. The number of unbranched alkanes of at least 4 members (excludes halogenated alkanes) is 2. The second-order valence-electron chi connectivity index (χ2n) is 5.71. The molecule has 0 amide bonds. The first-order valence-electron chi connectivity index (χ1n) is 8.28. The normalized spacial score (nSPS) is 10.6. The molecule has 0 fully saturated rings. The minimum atomic E-state index is -0.807. The van der Waals surface area contributed by atoms with Crippen molar-refractivity contribution in [2.75, 3.05) is 6.61 Å². The highest BCUT2D eigenvalue weighted by atomic mass is 35.5. The fraction of sp³-hybridized carbons (Fsp3) is 0.263. The average molecular weight is 485 g/mol. The van der Waals surface area contributed by atoms with E-state index in [1.807, 2.05) is 0 Å². The smallest absolute Gasteiger partial charge is 0.343 e. The molecule has 150 valence electrons. The molecule has 0 N–H and O–H groups in total. The highest BCUT2D eigenvalue weighted by molar-refractivity contribution is 6.55. The SMILES string of the molecule is CCCCCOC(=O)c1cccc(C(=O)Oc2c(Cl)c(Cl)c(Cl)c(Cl)c2Cl)c1. The van der Waals surface area contributed by atoms with Gasteiger partial charge in [0, 0.05) is 0 Å². The Bertz CT molecular complexity index is 869. The maximum absolute atomic E-state index is 12.5. The van der Waals surface area contributed by atoms with Crippen LogP contribution in [0.5, 0.6) is 5.75 Å². The molecular weight excluding hydrogens is 469 g/mol. The molecule has 0 aliphatic heterocycles. The molecule has 28 heavy (non-hydrogen) atoms. The van der Waals surface area contributed by atoms with E-state index in [0.29, 0.717) is 6.61 Å². The van der Waals surface area contributed by atoms with Gasteiger partial charge in [0.15, 0.2) is 5.75 Å². The quantitative estimate of drug-likeness (QED) is 0.134. The summed E-state index contributed by atoms with van der Waals surface area (Å²) in [5, 5.41) is -0.539. The summed E-state index contributed by atoms with van der Waals surface area (Å²) in [4.78, 5) is 24.6. The predicted octanol–water partition coefficient (Wildman–Crippen LogP) is 7.52. The Morgan fingerprint density at radius 3 is 1.93 bits per heavy atom. The lowest BCUT2D eigenvalue weighted by Gasteiger charge is -2.12. The number of hydrogen-bond acceptors (Lipinski definition) is 4. The average Bonchev–Trinajstić information content (AvgIpc) is 2.71. The van der Waals surface area contributed by atoms with Gasteiger partial charge < -0.3 is 9.47 Å². The highest BCUT2D eigenvalue weighted by Gasteiger charge is 2.23. The summed E-state index contributed by atoms with van der Waals surface area (Å²) in [7, 11) is 0. The van der Waals surface area contributed by atoms with E-state index in [1.54, 1.807) is 0 Å². The first-order chi connectivity index (χ1) is 13.3. The fourth-order valence-electron chi connectivity index (χ4n) is 2.20. The number of rotatable bonds is 7. The number of ether oxygens (including phenoxy) is 2. The van der Waals surface area contributed by atoms with Gasteiger partial charge in [0.25, 0.3) is 0 Å². The molecule has 0 aliphatic rings. The van der Waals surface area contributed by atoms with Crippen LogP contribution in [0.4, 0.5) is 0 Å². The Kier molecular flexibility index (Phi) is 8.72. The maximum atomic E-state index is 12.5. The molecule has 9 heteroatoms. The van der Waals surface area contributed by atoms with Crippen LogP contribution in [0.1, 0.15) is 46.9 Å². The summed E-state index contributed by atoms with van der Waals surface area (Å²) in [6.45, 7) is 2.37. The van der Waals surface area contributed by atoms with E-state index < -0.39 is 11.9 Å². The van der Waals surface area contributed by atoms with E-state index in [2.05, 4.69) is 6.92 Å². The third-order valence-corrected chi connectivity index (χ3v) is 5.92. The molecule has 0 atom stereocenters. The lowest BCUT2D eigenvalue weighted by molar-refractivity contribution is 0.0498. The van der Waals surface area contributed by atoms with Crippen molar-refractivity contribution in [2.45, 2.75) is 26.2 Å². The molecule has 0 saturated carbocycles. The van der Waals surface area contributed by atoms with Crippen LogP contribution >= 0.6 is 58.0 Å². The number of carbonyl (C=O) groups excluding carboxylic acids is 2. The lowest BCUT2D eigenvalue weighted by Crippen LogP contribution is -2.12. The third-order valence-electron chi connectivity index (χ3n) is 3.68. The monoisotopic (exact) mass is 482 g/mol. The molecule has 0 bridgehead atoms. The number of carbonyl (C=O) groups is 2. The van der Waals surface area contributed by atoms with Crippen LogP contribution in [-0.4, -0.2) is 18.5 Å². The maximum Gasteiger partial charge on any atom is 0.343 e. The summed E-state index contributed by atoms with van der Waals surface area (Å²) in [6.07, 6.45) is 2.76. The second-order valence-corrected chi connectivity index (χ2v) is 7.60. The highest BCUT2D eigenvalue weighted by Crippen LogP contribution is 2.48. The first kappa shape index (κ1) is 23.1.